The Bertz CT molecular complexity index is 602. The molecule has 94 valence electrons. The first kappa shape index (κ1) is 12.8. The molecule has 0 spiro atoms. The van der Waals surface area contributed by atoms with Crippen LogP contribution in [0, 0.1) is 13.8 Å². The Morgan fingerprint density at radius 1 is 1.33 bits per heavy atom. The van der Waals surface area contributed by atoms with E-state index in [2.05, 4.69) is 5.10 Å². The largest absolute Gasteiger partial charge is 0.294 e. The number of aryl methyl sites for hydroxylation is 3. The molecule has 0 unspecified atom stereocenters. The van der Waals surface area contributed by atoms with Gasteiger partial charge >= 0.3 is 0 Å². The Hall–Kier alpha value is -1.61. The number of rotatable bonds is 3. The minimum Gasteiger partial charge on any atom is -0.294 e. The first-order valence-corrected chi connectivity index (χ1v) is 6.14. The van der Waals surface area contributed by atoms with Crippen molar-refractivity contribution in [3.63, 3.8) is 0 Å². The van der Waals surface area contributed by atoms with Crippen LogP contribution in [0.25, 0.3) is 0 Å². The standard InChI is InChI=1S/C14H15ClN2O/c1-9-6-11(15)4-5-13(9)14(18)8-12-7-10(2)16-17(12)3/h4-7H,8H2,1-3H3. The van der Waals surface area contributed by atoms with Crippen LogP contribution < -0.4 is 0 Å². The lowest BCUT2D eigenvalue weighted by Crippen LogP contribution is -2.09. The highest BCUT2D eigenvalue weighted by atomic mass is 35.5. The number of hydrogen-bond acceptors (Lipinski definition) is 2. The summed E-state index contributed by atoms with van der Waals surface area (Å²) in [6.45, 7) is 3.81. The molecule has 0 saturated carbocycles. The predicted molar refractivity (Wildman–Crippen MR) is 72.2 cm³/mol. The molecule has 4 heteroatoms. The molecule has 0 aliphatic carbocycles. The molecule has 0 N–H and O–H groups in total. The minimum absolute atomic E-state index is 0.0900. The van der Waals surface area contributed by atoms with Gasteiger partial charge in [0.25, 0.3) is 0 Å². The highest BCUT2D eigenvalue weighted by Crippen LogP contribution is 2.17. The van der Waals surface area contributed by atoms with Gasteiger partial charge in [0.05, 0.1) is 12.1 Å². The van der Waals surface area contributed by atoms with E-state index in [9.17, 15) is 4.79 Å². The molecule has 1 aromatic carbocycles. The maximum Gasteiger partial charge on any atom is 0.169 e. The molecular formula is C14H15ClN2O. The topological polar surface area (TPSA) is 34.9 Å². The highest BCUT2D eigenvalue weighted by Gasteiger charge is 2.13. The van der Waals surface area contributed by atoms with Gasteiger partial charge in [-0.3, -0.25) is 9.48 Å². The van der Waals surface area contributed by atoms with Crippen LogP contribution in [0.1, 0.15) is 27.3 Å². The van der Waals surface area contributed by atoms with Gasteiger partial charge < -0.3 is 0 Å². The fourth-order valence-electron chi connectivity index (χ4n) is 2.03. The lowest BCUT2D eigenvalue weighted by atomic mass is 10.0. The van der Waals surface area contributed by atoms with Crippen molar-refractivity contribution >= 4 is 17.4 Å². The summed E-state index contributed by atoms with van der Waals surface area (Å²) in [5.41, 5.74) is 3.48. The monoisotopic (exact) mass is 262 g/mol. The Balaban J connectivity index is 2.24. The summed E-state index contributed by atoms with van der Waals surface area (Å²) in [6.07, 6.45) is 0.361. The minimum atomic E-state index is 0.0900. The van der Waals surface area contributed by atoms with Crippen LogP contribution in [0.4, 0.5) is 0 Å². The van der Waals surface area contributed by atoms with Crippen LogP contribution in [0.15, 0.2) is 24.3 Å². The molecule has 0 fully saturated rings. The van der Waals surface area contributed by atoms with E-state index in [1.165, 1.54) is 0 Å². The molecule has 1 heterocycles. The first-order chi connectivity index (χ1) is 8.47. The maximum absolute atomic E-state index is 12.2. The number of halogens is 1. The van der Waals surface area contributed by atoms with Crippen molar-refractivity contribution < 1.29 is 4.79 Å². The van der Waals surface area contributed by atoms with E-state index >= 15 is 0 Å². The van der Waals surface area contributed by atoms with Gasteiger partial charge in [-0.2, -0.15) is 5.10 Å². The van der Waals surface area contributed by atoms with E-state index in [-0.39, 0.29) is 5.78 Å². The number of nitrogens with zero attached hydrogens (tertiary/aromatic N) is 2. The van der Waals surface area contributed by atoms with Gasteiger partial charge in [-0.25, -0.2) is 0 Å². The van der Waals surface area contributed by atoms with Crippen LogP contribution >= 0.6 is 11.6 Å². The van der Waals surface area contributed by atoms with Gasteiger partial charge in [-0.1, -0.05) is 11.6 Å². The maximum atomic E-state index is 12.2. The molecule has 0 amide bonds. The number of benzene rings is 1. The lowest BCUT2D eigenvalue weighted by Gasteiger charge is -2.05. The smallest absolute Gasteiger partial charge is 0.169 e. The molecule has 3 nitrogen and oxygen atoms in total. The summed E-state index contributed by atoms with van der Waals surface area (Å²) in [4.78, 5) is 12.2. The Labute approximate surface area is 111 Å². The molecule has 0 radical (unpaired) electrons. The van der Waals surface area contributed by atoms with Crippen molar-refractivity contribution in [1.82, 2.24) is 9.78 Å². The average molecular weight is 263 g/mol. The number of carbonyl (C=O) groups is 1. The highest BCUT2D eigenvalue weighted by molar-refractivity contribution is 6.30. The zero-order valence-electron chi connectivity index (χ0n) is 10.7. The number of Topliss-reactive ketones (excluding diaryl/α,β-unsaturated/α-hetero) is 1. The SMILES string of the molecule is Cc1cc(CC(=O)c2ccc(Cl)cc2C)n(C)n1. The fraction of sp³-hybridized carbons (Fsp3) is 0.286. The zero-order chi connectivity index (χ0) is 13.3. The van der Waals surface area contributed by atoms with Crippen molar-refractivity contribution in [2.24, 2.45) is 7.05 Å². The summed E-state index contributed by atoms with van der Waals surface area (Å²) in [7, 11) is 1.85. The van der Waals surface area contributed by atoms with Gasteiger partial charge in [-0.05, 0) is 43.7 Å². The predicted octanol–water partition coefficient (Wildman–Crippen LogP) is 3.12. The molecule has 0 aliphatic heterocycles. The third kappa shape index (κ3) is 2.62. The van der Waals surface area contributed by atoms with Crippen molar-refractivity contribution in [2.45, 2.75) is 20.3 Å². The summed E-state index contributed by atoms with van der Waals surface area (Å²) in [6, 6.07) is 7.27. The summed E-state index contributed by atoms with van der Waals surface area (Å²) >= 11 is 5.88. The molecule has 1 aromatic heterocycles. The van der Waals surface area contributed by atoms with Crippen LogP contribution in [-0.2, 0) is 13.5 Å². The normalized spacial score (nSPS) is 10.7. The third-order valence-electron chi connectivity index (χ3n) is 2.93. The fourth-order valence-corrected chi connectivity index (χ4v) is 2.26. The van der Waals surface area contributed by atoms with E-state index in [1.807, 2.05) is 33.0 Å². The summed E-state index contributed by atoms with van der Waals surface area (Å²) in [5.74, 6) is 0.0900. The van der Waals surface area contributed by atoms with E-state index in [1.54, 1.807) is 16.8 Å². The number of aromatic nitrogens is 2. The van der Waals surface area contributed by atoms with E-state index in [0.717, 1.165) is 22.5 Å². The Morgan fingerprint density at radius 3 is 2.61 bits per heavy atom. The third-order valence-corrected chi connectivity index (χ3v) is 3.16. The Morgan fingerprint density at radius 2 is 2.06 bits per heavy atom. The molecule has 0 atom stereocenters. The van der Waals surface area contributed by atoms with Crippen molar-refractivity contribution in [1.29, 1.82) is 0 Å². The zero-order valence-corrected chi connectivity index (χ0v) is 11.5. The average Bonchev–Trinajstić information content (AvgIpc) is 2.57. The summed E-state index contributed by atoms with van der Waals surface area (Å²) < 4.78 is 1.75. The van der Waals surface area contributed by atoms with Gasteiger partial charge in [0, 0.05) is 23.3 Å². The summed E-state index contributed by atoms with van der Waals surface area (Å²) in [5, 5.41) is 4.89. The molecule has 2 aromatic rings. The lowest BCUT2D eigenvalue weighted by molar-refractivity contribution is 0.0990. The van der Waals surface area contributed by atoms with Crippen molar-refractivity contribution in [2.75, 3.05) is 0 Å². The van der Waals surface area contributed by atoms with Gasteiger partial charge in [0.15, 0.2) is 5.78 Å². The molecular weight excluding hydrogens is 248 g/mol. The van der Waals surface area contributed by atoms with Gasteiger partial charge in [0.1, 0.15) is 0 Å². The molecule has 18 heavy (non-hydrogen) atoms. The van der Waals surface area contributed by atoms with Crippen LogP contribution in [0.2, 0.25) is 5.02 Å². The van der Waals surface area contributed by atoms with E-state index in [0.29, 0.717) is 11.4 Å². The molecule has 0 bridgehead atoms. The first-order valence-electron chi connectivity index (χ1n) is 5.76. The van der Waals surface area contributed by atoms with Crippen molar-refractivity contribution in [3.8, 4) is 0 Å². The van der Waals surface area contributed by atoms with E-state index < -0.39 is 0 Å². The Kier molecular flexibility index (Phi) is 3.53. The van der Waals surface area contributed by atoms with Gasteiger partial charge in [-0.15, -0.1) is 0 Å². The second kappa shape index (κ2) is 4.94. The number of hydrogen-bond donors (Lipinski definition) is 0. The quantitative estimate of drug-likeness (QED) is 0.797. The second-order valence-electron chi connectivity index (χ2n) is 4.46. The van der Waals surface area contributed by atoms with Crippen LogP contribution in [0.5, 0.6) is 0 Å². The number of ketones is 1. The van der Waals surface area contributed by atoms with Crippen molar-refractivity contribution in [3.05, 3.63) is 51.8 Å². The second-order valence-corrected chi connectivity index (χ2v) is 4.90. The van der Waals surface area contributed by atoms with Crippen LogP contribution in [-0.4, -0.2) is 15.6 Å². The molecule has 2 rings (SSSR count). The van der Waals surface area contributed by atoms with Gasteiger partial charge in [0.2, 0.25) is 0 Å². The number of carbonyl (C=O) groups excluding carboxylic acids is 1. The van der Waals surface area contributed by atoms with E-state index in [4.69, 9.17) is 11.6 Å². The molecule has 0 saturated heterocycles. The molecule has 0 aliphatic rings. The van der Waals surface area contributed by atoms with Crippen LogP contribution in [0.3, 0.4) is 0 Å².